The lowest BCUT2D eigenvalue weighted by atomic mass is 10.1. The summed E-state index contributed by atoms with van der Waals surface area (Å²) >= 11 is 0. The van der Waals surface area contributed by atoms with E-state index in [1.165, 1.54) is 70.6 Å². The Morgan fingerprint density at radius 1 is 0.625 bits per heavy atom. The monoisotopic (exact) mass is 343 g/mol. The zero-order valence-corrected chi connectivity index (χ0v) is 15.9. The van der Waals surface area contributed by atoms with Crippen LogP contribution in [0.4, 0.5) is 0 Å². The Labute approximate surface area is 149 Å². The molecule has 0 heterocycles. The number of hydrogen-bond acceptors (Lipinski definition) is 4. The number of carbonyl (C=O) groups is 1. The molecular formula is C19H41N3O2. The fourth-order valence-electron chi connectivity index (χ4n) is 2.71. The molecule has 0 aliphatic heterocycles. The minimum atomic E-state index is -0.802. The highest BCUT2D eigenvalue weighted by molar-refractivity contribution is 5.68. The van der Waals surface area contributed by atoms with Crippen LogP contribution >= 0.6 is 0 Å². The molecule has 4 N–H and O–H groups in total. The molecule has 0 bridgehead atoms. The molecule has 0 saturated heterocycles. The van der Waals surface area contributed by atoms with E-state index in [9.17, 15) is 4.79 Å². The van der Waals surface area contributed by atoms with Crippen LogP contribution in [0.1, 0.15) is 77.6 Å². The molecule has 5 nitrogen and oxygen atoms in total. The zero-order chi connectivity index (χ0) is 17.7. The van der Waals surface area contributed by atoms with Gasteiger partial charge in [0.05, 0.1) is 6.54 Å². The predicted octanol–water partition coefficient (Wildman–Crippen LogP) is 3.15. The number of carboxylic acids is 1. The summed E-state index contributed by atoms with van der Waals surface area (Å²) in [4.78, 5) is 10.3. The molecule has 0 spiro atoms. The van der Waals surface area contributed by atoms with E-state index in [1.807, 2.05) is 0 Å². The van der Waals surface area contributed by atoms with Gasteiger partial charge < -0.3 is 21.1 Å². The van der Waals surface area contributed by atoms with Crippen molar-refractivity contribution < 1.29 is 9.90 Å². The number of carboxylic acid groups (broad SMARTS) is 1. The molecule has 0 aliphatic carbocycles. The molecule has 0 aromatic heterocycles. The Morgan fingerprint density at radius 2 is 1.04 bits per heavy atom. The van der Waals surface area contributed by atoms with E-state index in [0.717, 1.165) is 26.2 Å². The van der Waals surface area contributed by atoms with E-state index in [4.69, 9.17) is 5.11 Å². The van der Waals surface area contributed by atoms with Gasteiger partial charge in [-0.1, -0.05) is 71.1 Å². The van der Waals surface area contributed by atoms with Gasteiger partial charge >= 0.3 is 5.97 Å². The smallest absolute Gasteiger partial charge is 0.317 e. The second kappa shape index (κ2) is 20.4. The number of aliphatic carboxylic acids is 1. The molecule has 5 heteroatoms. The van der Waals surface area contributed by atoms with E-state index in [0.29, 0.717) is 6.54 Å². The third kappa shape index (κ3) is 21.4. The van der Waals surface area contributed by atoms with E-state index >= 15 is 0 Å². The predicted molar refractivity (Wildman–Crippen MR) is 103 cm³/mol. The number of rotatable bonds is 20. The summed E-state index contributed by atoms with van der Waals surface area (Å²) < 4.78 is 0. The van der Waals surface area contributed by atoms with Gasteiger partial charge in [-0.05, 0) is 13.0 Å². The van der Waals surface area contributed by atoms with Crippen LogP contribution in [-0.2, 0) is 4.79 Å². The molecule has 0 aromatic carbocycles. The first kappa shape index (κ1) is 23.4. The standard InChI is InChI=1S/C19H41N3O2/c1-2-3-4-5-6-7-8-9-10-11-12-13-20-14-15-21-16-17-22-18-19(23)24/h20-22H,2-18H2,1H3,(H,23,24). The van der Waals surface area contributed by atoms with E-state index < -0.39 is 5.97 Å². The van der Waals surface area contributed by atoms with E-state index in [2.05, 4.69) is 22.9 Å². The summed E-state index contributed by atoms with van der Waals surface area (Å²) in [5.41, 5.74) is 0. The first-order valence-electron chi connectivity index (χ1n) is 10.1. The van der Waals surface area contributed by atoms with Gasteiger partial charge in [-0.2, -0.15) is 0 Å². The van der Waals surface area contributed by atoms with Gasteiger partial charge in [0.15, 0.2) is 0 Å². The number of nitrogens with one attached hydrogen (secondary N) is 3. The molecule has 0 aromatic rings. The minimum Gasteiger partial charge on any atom is -0.480 e. The van der Waals surface area contributed by atoms with Crippen molar-refractivity contribution in [2.45, 2.75) is 77.6 Å². The summed E-state index contributed by atoms with van der Waals surface area (Å²) in [6, 6.07) is 0. The topological polar surface area (TPSA) is 73.4 Å². The lowest BCUT2D eigenvalue weighted by Gasteiger charge is -2.07. The van der Waals surface area contributed by atoms with Crippen molar-refractivity contribution in [3.8, 4) is 0 Å². The first-order valence-corrected chi connectivity index (χ1v) is 10.1. The van der Waals surface area contributed by atoms with Crippen LogP contribution in [0.15, 0.2) is 0 Å². The van der Waals surface area contributed by atoms with Crippen molar-refractivity contribution in [2.24, 2.45) is 0 Å². The van der Waals surface area contributed by atoms with Gasteiger partial charge in [0.25, 0.3) is 0 Å². The third-order valence-corrected chi connectivity index (χ3v) is 4.19. The highest BCUT2D eigenvalue weighted by Gasteiger charge is 1.95. The van der Waals surface area contributed by atoms with Gasteiger partial charge in [0, 0.05) is 26.2 Å². The van der Waals surface area contributed by atoms with Crippen molar-refractivity contribution >= 4 is 5.97 Å². The average molecular weight is 344 g/mol. The first-order chi connectivity index (χ1) is 11.8. The normalized spacial score (nSPS) is 11.0. The summed E-state index contributed by atoms with van der Waals surface area (Å²) in [5.74, 6) is -0.802. The van der Waals surface area contributed by atoms with Crippen LogP contribution in [-0.4, -0.2) is 50.3 Å². The summed E-state index contributed by atoms with van der Waals surface area (Å²) in [5, 5.41) is 18.1. The van der Waals surface area contributed by atoms with Gasteiger partial charge in [-0.25, -0.2) is 0 Å². The SMILES string of the molecule is CCCCCCCCCCCCCNCCNCCNCC(=O)O. The molecule has 0 atom stereocenters. The Hall–Kier alpha value is -0.650. The Balaban J connectivity index is 2.97. The molecule has 0 radical (unpaired) electrons. The molecule has 24 heavy (non-hydrogen) atoms. The Kier molecular flexibility index (Phi) is 19.8. The fourth-order valence-corrected chi connectivity index (χ4v) is 2.71. The minimum absolute atomic E-state index is 0.0405. The average Bonchev–Trinajstić information content (AvgIpc) is 2.56. The van der Waals surface area contributed by atoms with Gasteiger partial charge in [-0.15, -0.1) is 0 Å². The van der Waals surface area contributed by atoms with Crippen LogP contribution in [0, 0.1) is 0 Å². The molecular weight excluding hydrogens is 302 g/mol. The van der Waals surface area contributed by atoms with Crippen molar-refractivity contribution in [2.75, 3.05) is 39.3 Å². The van der Waals surface area contributed by atoms with Crippen LogP contribution in [0.25, 0.3) is 0 Å². The van der Waals surface area contributed by atoms with E-state index in [-0.39, 0.29) is 6.54 Å². The summed E-state index contributed by atoms with van der Waals surface area (Å²) in [7, 11) is 0. The van der Waals surface area contributed by atoms with E-state index in [1.54, 1.807) is 0 Å². The highest BCUT2D eigenvalue weighted by atomic mass is 16.4. The maximum atomic E-state index is 10.3. The lowest BCUT2D eigenvalue weighted by molar-refractivity contribution is -0.135. The summed E-state index contributed by atoms with van der Waals surface area (Å²) in [6.07, 6.45) is 15.3. The quantitative estimate of drug-likeness (QED) is 0.256. The molecule has 144 valence electrons. The Morgan fingerprint density at radius 3 is 1.54 bits per heavy atom. The van der Waals surface area contributed by atoms with Crippen molar-refractivity contribution in [1.82, 2.24) is 16.0 Å². The maximum absolute atomic E-state index is 10.3. The summed E-state index contributed by atoms with van der Waals surface area (Å²) in [6.45, 7) is 6.85. The molecule has 0 amide bonds. The Bertz CT molecular complexity index is 263. The molecule has 0 fully saturated rings. The van der Waals surface area contributed by atoms with Gasteiger partial charge in [0.2, 0.25) is 0 Å². The van der Waals surface area contributed by atoms with Crippen molar-refractivity contribution in [3.05, 3.63) is 0 Å². The van der Waals surface area contributed by atoms with Crippen LogP contribution in [0.2, 0.25) is 0 Å². The maximum Gasteiger partial charge on any atom is 0.317 e. The largest absolute Gasteiger partial charge is 0.480 e. The second-order valence-electron chi connectivity index (χ2n) is 6.61. The lowest BCUT2D eigenvalue weighted by Crippen LogP contribution is -2.34. The molecule has 0 saturated carbocycles. The molecule has 0 unspecified atom stereocenters. The fraction of sp³-hybridized carbons (Fsp3) is 0.947. The van der Waals surface area contributed by atoms with Crippen LogP contribution in [0.3, 0.4) is 0 Å². The number of hydrogen-bond donors (Lipinski definition) is 4. The highest BCUT2D eigenvalue weighted by Crippen LogP contribution is 2.10. The number of unbranched alkanes of at least 4 members (excludes halogenated alkanes) is 10. The zero-order valence-electron chi connectivity index (χ0n) is 15.9. The van der Waals surface area contributed by atoms with Crippen LogP contribution < -0.4 is 16.0 Å². The molecule has 0 aliphatic rings. The van der Waals surface area contributed by atoms with Crippen molar-refractivity contribution in [3.63, 3.8) is 0 Å². The van der Waals surface area contributed by atoms with Crippen molar-refractivity contribution in [1.29, 1.82) is 0 Å². The van der Waals surface area contributed by atoms with Gasteiger partial charge in [-0.3, -0.25) is 4.79 Å². The van der Waals surface area contributed by atoms with Gasteiger partial charge in [0.1, 0.15) is 0 Å². The second-order valence-corrected chi connectivity index (χ2v) is 6.61. The third-order valence-electron chi connectivity index (χ3n) is 4.19. The molecule has 0 rings (SSSR count). The van der Waals surface area contributed by atoms with Crippen LogP contribution in [0.5, 0.6) is 0 Å².